The lowest BCUT2D eigenvalue weighted by atomic mass is 10.6. The Balaban J connectivity index is 2.91. The van der Waals surface area contributed by atoms with Crippen molar-refractivity contribution in [3.05, 3.63) is 12.0 Å². The third-order valence-electron chi connectivity index (χ3n) is 1.10. The summed E-state index contributed by atoms with van der Waals surface area (Å²) in [6.07, 6.45) is 0.993. The van der Waals surface area contributed by atoms with E-state index in [0.717, 1.165) is 6.20 Å². The van der Waals surface area contributed by atoms with Crippen molar-refractivity contribution in [1.82, 2.24) is 9.97 Å². The number of hydrogen-bond donors (Lipinski definition) is 1. The van der Waals surface area contributed by atoms with Gasteiger partial charge in [-0.05, 0) is 0 Å². The second-order valence-corrected chi connectivity index (χ2v) is 1.86. The van der Waals surface area contributed by atoms with E-state index in [0.29, 0.717) is 0 Å². The maximum Gasteiger partial charge on any atom is 0.318 e. The monoisotopic (exact) mass is 173 g/mol. The van der Waals surface area contributed by atoms with Crippen LogP contribution >= 0.6 is 0 Å². The number of halogens is 1. The summed E-state index contributed by atoms with van der Waals surface area (Å²) in [7, 11) is 2.75. The first kappa shape index (κ1) is 8.66. The SMILES string of the molecule is CONc1nc(OC)ncc1F. The molecule has 0 aliphatic heterocycles. The quantitative estimate of drug-likeness (QED) is 0.678. The predicted molar refractivity (Wildman–Crippen MR) is 39.2 cm³/mol. The Morgan fingerprint density at radius 3 is 2.83 bits per heavy atom. The summed E-state index contributed by atoms with van der Waals surface area (Å²) in [6.45, 7) is 0. The van der Waals surface area contributed by atoms with E-state index in [-0.39, 0.29) is 11.8 Å². The molecule has 1 N–H and O–H groups in total. The fourth-order valence-corrected chi connectivity index (χ4v) is 0.618. The van der Waals surface area contributed by atoms with Gasteiger partial charge in [-0.3, -0.25) is 4.84 Å². The molecule has 1 aromatic rings. The van der Waals surface area contributed by atoms with Gasteiger partial charge in [0.1, 0.15) is 0 Å². The second kappa shape index (κ2) is 3.82. The molecule has 0 aliphatic carbocycles. The average Bonchev–Trinajstić information content (AvgIpc) is 2.09. The molecule has 12 heavy (non-hydrogen) atoms. The van der Waals surface area contributed by atoms with Crippen LogP contribution in [-0.4, -0.2) is 24.2 Å². The van der Waals surface area contributed by atoms with Crippen molar-refractivity contribution >= 4 is 5.82 Å². The van der Waals surface area contributed by atoms with Gasteiger partial charge in [0.25, 0.3) is 0 Å². The zero-order chi connectivity index (χ0) is 8.97. The van der Waals surface area contributed by atoms with Crippen molar-refractivity contribution in [2.24, 2.45) is 0 Å². The number of nitrogens with one attached hydrogen (secondary N) is 1. The average molecular weight is 173 g/mol. The second-order valence-electron chi connectivity index (χ2n) is 1.86. The minimum absolute atomic E-state index is 0.0515. The molecule has 1 aromatic heterocycles. The van der Waals surface area contributed by atoms with Crippen molar-refractivity contribution in [2.75, 3.05) is 19.7 Å². The number of aromatic nitrogens is 2. The van der Waals surface area contributed by atoms with E-state index in [1.165, 1.54) is 14.2 Å². The Bertz CT molecular complexity index is 269. The molecule has 0 unspecified atom stereocenters. The molecule has 6 heteroatoms. The molecule has 0 saturated carbocycles. The van der Waals surface area contributed by atoms with Crippen LogP contribution in [0.2, 0.25) is 0 Å². The standard InChI is InChI=1S/C6H8FN3O2/c1-11-6-8-3-4(7)5(9-6)10-12-2/h3H,1-2H3,(H,8,9,10). The molecule has 0 aromatic carbocycles. The fraction of sp³-hybridized carbons (Fsp3) is 0.333. The summed E-state index contributed by atoms with van der Waals surface area (Å²) in [5.41, 5.74) is 2.24. The largest absolute Gasteiger partial charge is 0.467 e. The molecule has 5 nitrogen and oxygen atoms in total. The topological polar surface area (TPSA) is 56.3 Å². The third-order valence-corrected chi connectivity index (χ3v) is 1.10. The van der Waals surface area contributed by atoms with Crippen LogP contribution in [0.1, 0.15) is 0 Å². The summed E-state index contributed by atoms with van der Waals surface area (Å²) in [5.74, 6) is -0.651. The summed E-state index contributed by atoms with van der Waals surface area (Å²) >= 11 is 0. The van der Waals surface area contributed by atoms with Crippen LogP contribution in [0.5, 0.6) is 6.01 Å². The zero-order valence-electron chi connectivity index (χ0n) is 6.67. The maximum absolute atomic E-state index is 12.8. The number of hydrogen-bond acceptors (Lipinski definition) is 5. The van der Waals surface area contributed by atoms with Gasteiger partial charge in [-0.1, -0.05) is 0 Å². The number of anilines is 1. The molecule has 66 valence electrons. The van der Waals surface area contributed by atoms with Gasteiger partial charge in [-0.25, -0.2) is 14.9 Å². The van der Waals surface area contributed by atoms with E-state index in [1.807, 2.05) is 0 Å². The van der Waals surface area contributed by atoms with Crippen LogP contribution < -0.4 is 10.2 Å². The van der Waals surface area contributed by atoms with Gasteiger partial charge in [0.2, 0.25) is 0 Å². The highest BCUT2D eigenvalue weighted by atomic mass is 19.1. The highest BCUT2D eigenvalue weighted by Gasteiger charge is 2.05. The van der Waals surface area contributed by atoms with Crippen molar-refractivity contribution in [3.63, 3.8) is 0 Å². The van der Waals surface area contributed by atoms with Gasteiger partial charge in [0.15, 0.2) is 11.6 Å². The third kappa shape index (κ3) is 1.79. The van der Waals surface area contributed by atoms with E-state index in [1.54, 1.807) is 0 Å². The molecule has 1 heterocycles. The first-order chi connectivity index (χ1) is 5.77. The first-order valence-electron chi connectivity index (χ1n) is 3.13. The molecule has 0 fully saturated rings. The van der Waals surface area contributed by atoms with Crippen LogP contribution in [0.25, 0.3) is 0 Å². The van der Waals surface area contributed by atoms with Gasteiger partial charge in [-0.2, -0.15) is 4.98 Å². The Morgan fingerprint density at radius 2 is 2.25 bits per heavy atom. The molecule has 0 amide bonds. The fourth-order valence-electron chi connectivity index (χ4n) is 0.618. The van der Waals surface area contributed by atoms with Crippen molar-refractivity contribution in [2.45, 2.75) is 0 Å². The zero-order valence-corrected chi connectivity index (χ0v) is 6.67. The molecule has 0 atom stereocenters. The number of ether oxygens (including phenoxy) is 1. The van der Waals surface area contributed by atoms with E-state index < -0.39 is 5.82 Å². The highest BCUT2D eigenvalue weighted by molar-refractivity contribution is 5.33. The van der Waals surface area contributed by atoms with E-state index >= 15 is 0 Å². The van der Waals surface area contributed by atoms with Crippen LogP contribution in [0, 0.1) is 5.82 Å². The van der Waals surface area contributed by atoms with E-state index in [9.17, 15) is 4.39 Å². The minimum Gasteiger partial charge on any atom is -0.467 e. The van der Waals surface area contributed by atoms with Gasteiger partial charge in [-0.15, -0.1) is 0 Å². The molecule has 0 radical (unpaired) electrons. The molecule has 0 bridgehead atoms. The summed E-state index contributed by atoms with van der Waals surface area (Å²) in [5, 5.41) is 0. The van der Waals surface area contributed by atoms with Crippen molar-refractivity contribution in [3.8, 4) is 6.01 Å². The van der Waals surface area contributed by atoms with Crippen LogP contribution in [-0.2, 0) is 4.84 Å². The maximum atomic E-state index is 12.8. The van der Waals surface area contributed by atoms with Crippen LogP contribution in [0.4, 0.5) is 10.2 Å². The minimum atomic E-state index is -0.599. The lowest BCUT2D eigenvalue weighted by molar-refractivity contribution is 0.265. The van der Waals surface area contributed by atoms with Gasteiger partial charge in [0, 0.05) is 0 Å². The van der Waals surface area contributed by atoms with Crippen LogP contribution in [0.3, 0.4) is 0 Å². The molecule has 0 saturated heterocycles. The molecule has 0 aliphatic rings. The number of rotatable bonds is 3. The Morgan fingerprint density at radius 1 is 1.50 bits per heavy atom. The first-order valence-corrected chi connectivity index (χ1v) is 3.13. The Kier molecular flexibility index (Phi) is 2.76. The lowest BCUT2D eigenvalue weighted by Gasteiger charge is -2.03. The normalized spacial score (nSPS) is 9.58. The summed E-state index contributed by atoms with van der Waals surface area (Å²) in [4.78, 5) is 11.6. The summed E-state index contributed by atoms with van der Waals surface area (Å²) in [6, 6.07) is 0.0796. The molecular formula is C6H8FN3O2. The van der Waals surface area contributed by atoms with Gasteiger partial charge in [0.05, 0.1) is 20.4 Å². The highest BCUT2D eigenvalue weighted by Crippen LogP contribution is 2.11. The van der Waals surface area contributed by atoms with Crippen LogP contribution in [0.15, 0.2) is 6.20 Å². The lowest BCUT2D eigenvalue weighted by Crippen LogP contribution is -2.03. The molecule has 1 rings (SSSR count). The van der Waals surface area contributed by atoms with Gasteiger partial charge >= 0.3 is 6.01 Å². The molecular weight excluding hydrogens is 165 g/mol. The molecule has 0 spiro atoms. The number of nitrogens with zero attached hydrogens (tertiary/aromatic N) is 2. The summed E-state index contributed by atoms with van der Waals surface area (Å²) < 4.78 is 17.4. The van der Waals surface area contributed by atoms with Gasteiger partial charge < -0.3 is 4.74 Å². The Hall–Kier alpha value is -1.43. The van der Waals surface area contributed by atoms with E-state index in [2.05, 4.69) is 25.0 Å². The smallest absolute Gasteiger partial charge is 0.318 e. The van der Waals surface area contributed by atoms with E-state index in [4.69, 9.17) is 0 Å². The van der Waals surface area contributed by atoms with Crippen molar-refractivity contribution < 1.29 is 14.0 Å². The predicted octanol–water partition coefficient (Wildman–Crippen LogP) is 0.598. The Labute approximate surface area is 68.5 Å². The number of methoxy groups -OCH3 is 1. The van der Waals surface area contributed by atoms with Crippen molar-refractivity contribution in [1.29, 1.82) is 0 Å².